The van der Waals surface area contributed by atoms with E-state index < -0.39 is 5.82 Å². The highest BCUT2D eigenvalue weighted by molar-refractivity contribution is 5.84. The average Bonchev–Trinajstić information content (AvgIpc) is 2.44. The average molecular weight is 255 g/mol. The second-order valence-corrected chi connectivity index (χ2v) is 4.40. The second-order valence-electron chi connectivity index (χ2n) is 4.40. The van der Waals surface area contributed by atoms with E-state index in [1.807, 2.05) is 0 Å². The number of aromatic nitrogens is 1. The van der Waals surface area contributed by atoms with Crippen molar-refractivity contribution >= 4 is 10.9 Å². The van der Waals surface area contributed by atoms with E-state index in [0.717, 1.165) is 0 Å². The van der Waals surface area contributed by atoms with E-state index in [1.54, 1.807) is 49.4 Å². The summed E-state index contributed by atoms with van der Waals surface area (Å²) in [6.07, 6.45) is 0. The summed E-state index contributed by atoms with van der Waals surface area (Å²) >= 11 is 0. The molecule has 0 aliphatic rings. The van der Waals surface area contributed by atoms with Crippen molar-refractivity contribution < 1.29 is 8.78 Å². The van der Waals surface area contributed by atoms with Crippen molar-refractivity contribution in [1.82, 2.24) is 4.98 Å². The molecule has 3 heteroatoms. The van der Waals surface area contributed by atoms with Crippen LogP contribution < -0.4 is 0 Å². The van der Waals surface area contributed by atoms with Crippen LogP contribution in [0, 0.1) is 18.6 Å². The standard InChI is InChI=1S/C16H11F2N/c1-10-15(18)12-7-3-5-9-14(12)19-16(10)11-6-2-4-8-13(11)17/h2-9H,1H3. The third-order valence-electron chi connectivity index (χ3n) is 3.19. The van der Waals surface area contributed by atoms with Gasteiger partial charge in [-0.15, -0.1) is 0 Å². The summed E-state index contributed by atoms with van der Waals surface area (Å²) < 4.78 is 28.1. The summed E-state index contributed by atoms with van der Waals surface area (Å²) in [5.41, 5.74) is 1.58. The maximum Gasteiger partial charge on any atom is 0.137 e. The quantitative estimate of drug-likeness (QED) is 0.624. The molecule has 0 N–H and O–H groups in total. The molecule has 1 heterocycles. The minimum Gasteiger partial charge on any atom is -0.247 e. The van der Waals surface area contributed by atoms with Crippen LogP contribution in [-0.4, -0.2) is 4.98 Å². The Hall–Kier alpha value is -2.29. The van der Waals surface area contributed by atoms with Crippen molar-refractivity contribution in [3.05, 3.63) is 65.7 Å². The molecular weight excluding hydrogens is 244 g/mol. The highest BCUT2D eigenvalue weighted by Crippen LogP contribution is 2.29. The number of halogens is 2. The zero-order valence-corrected chi connectivity index (χ0v) is 10.3. The fourth-order valence-electron chi connectivity index (χ4n) is 2.18. The molecule has 0 unspecified atom stereocenters. The Labute approximate surface area is 109 Å². The minimum atomic E-state index is -0.396. The van der Waals surface area contributed by atoms with Gasteiger partial charge in [0.15, 0.2) is 0 Å². The molecule has 3 aromatic rings. The van der Waals surface area contributed by atoms with Crippen molar-refractivity contribution in [3.63, 3.8) is 0 Å². The molecule has 0 saturated carbocycles. The molecule has 0 atom stereocenters. The zero-order chi connectivity index (χ0) is 13.4. The van der Waals surface area contributed by atoms with Crippen LogP contribution in [0.3, 0.4) is 0 Å². The monoisotopic (exact) mass is 255 g/mol. The summed E-state index contributed by atoms with van der Waals surface area (Å²) in [5.74, 6) is -0.739. The van der Waals surface area contributed by atoms with Gasteiger partial charge in [-0.05, 0) is 31.2 Å². The predicted octanol–water partition coefficient (Wildman–Crippen LogP) is 4.49. The van der Waals surface area contributed by atoms with E-state index in [2.05, 4.69) is 4.98 Å². The maximum atomic E-state index is 14.3. The van der Waals surface area contributed by atoms with Gasteiger partial charge >= 0.3 is 0 Å². The normalized spacial score (nSPS) is 10.9. The van der Waals surface area contributed by atoms with Gasteiger partial charge in [-0.1, -0.05) is 24.3 Å². The van der Waals surface area contributed by atoms with Gasteiger partial charge in [0, 0.05) is 16.5 Å². The highest BCUT2D eigenvalue weighted by atomic mass is 19.1. The SMILES string of the molecule is Cc1c(-c2ccccc2F)nc2ccccc2c1F. The lowest BCUT2D eigenvalue weighted by atomic mass is 10.0. The van der Waals surface area contributed by atoms with Crippen LogP contribution in [-0.2, 0) is 0 Å². The Morgan fingerprint density at radius 1 is 0.895 bits per heavy atom. The molecule has 0 spiro atoms. The lowest BCUT2D eigenvalue weighted by Gasteiger charge is -2.10. The topological polar surface area (TPSA) is 12.9 Å². The van der Waals surface area contributed by atoms with E-state index in [0.29, 0.717) is 27.7 Å². The number of hydrogen-bond acceptors (Lipinski definition) is 1. The van der Waals surface area contributed by atoms with Crippen LogP contribution in [0.5, 0.6) is 0 Å². The summed E-state index contributed by atoms with van der Waals surface area (Å²) in [7, 11) is 0. The number of pyridine rings is 1. The molecule has 0 aliphatic heterocycles. The van der Waals surface area contributed by atoms with Gasteiger partial charge in [0.25, 0.3) is 0 Å². The summed E-state index contributed by atoms with van der Waals surface area (Å²) in [5, 5.41) is 0.458. The van der Waals surface area contributed by atoms with Crippen LogP contribution in [0.1, 0.15) is 5.56 Å². The Kier molecular flexibility index (Phi) is 2.75. The number of fused-ring (bicyclic) bond motifs is 1. The first kappa shape index (κ1) is 11.8. The maximum absolute atomic E-state index is 14.3. The van der Waals surface area contributed by atoms with Crippen molar-refractivity contribution in [2.45, 2.75) is 6.92 Å². The molecule has 0 bridgehead atoms. The number of nitrogens with zero attached hydrogens (tertiary/aromatic N) is 1. The van der Waals surface area contributed by atoms with Crippen LogP contribution >= 0.6 is 0 Å². The van der Waals surface area contributed by atoms with E-state index >= 15 is 0 Å². The van der Waals surface area contributed by atoms with Crippen molar-refractivity contribution in [2.75, 3.05) is 0 Å². The lowest BCUT2D eigenvalue weighted by molar-refractivity contribution is 0.624. The van der Waals surface area contributed by atoms with Gasteiger partial charge < -0.3 is 0 Å². The van der Waals surface area contributed by atoms with E-state index in [9.17, 15) is 8.78 Å². The van der Waals surface area contributed by atoms with Crippen molar-refractivity contribution in [3.8, 4) is 11.3 Å². The fourth-order valence-corrected chi connectivity index (χ4v) is 2.18. The first-order chi connectivity index (χ1) is 9.18. The third kappa shape index (κ3) is 1.87. The van der Waals surface area contributed by atoms with Gasteiger partial charge in [-0.25, -0.2) is 13.8 Å². The van der Waals surface area contributed by atoms with E-state index in [4.69, 9.17) is 0 Å². The molecule has 19 heavy (non-hydrogen) atoms. The molecule has 2 aromatic carbocycles. The molecule has 0 amide bonds. The molecule has 1 aromatic heterocycles. The molecule has 0 radical (unpaired) electrons. The second kappa shape index (κ2) is 4.43. The summed E-state index contributed by atoms with van der Waals surface area (Å²) in [6, 6.07) is 13.2. The number of benzene rings is 2. The molecular formula is C16H11F2N. The Balaban J connectivity index is 2.37. The van der Waals surface area contributed by atoms with E-state index in [1.165, 1.54) is 6.07 Å². The number of para-hydroxylation sites is 1. The van der Waals surface area contributed by atoms with Crippen LogP contribution in [0.2, 0.25) is 0 Å². The molecule has 0 aliphatic carbocycles. The molecule has 0 fully saturated rings. The van der Waals surface area contributed by atoms with Gasteiger partial charge in [-0.3, -0.25) is 0 Å². The summed E-state index contributed by atoms with van der Waals surface area (Å²) in [6.45, 7) is 1.62. The van der Waals surface area contributed by atoms with Crippen LogP contribution in [0.4, 0.5) is 8.78 Å². The number of rotatable bonds is 1. The van der Waals surface area contributed by atoms with Crippen molar-refractivity contribution in [1.29, 1.82) is 0 Å². The molecule has 94 valence electrons. The Morgan fingerprint density at radius 3 is 2.37 bits per heavy atom. The molecule has 3 rings (SSSR count). The van der Waals surface area contributed by atoms with Gasteiger partial charge in [0.05, 0.1) is 11.2 Å². The Morgan fingerprint density at radius 2 is 1.58 bits per heavy atom. The minimum absolute atomic E-state index is 0.324. The van der Waals surface area contributed by atoms with Gasteiger partial charge in [0.1, 0.15) is 11.6 Å². The smallest absolute Gasteiger partial charge is 0.137 e. The first-order valence-electron chi connectivity index (χ1n) is 5.98. The Bertz CT molecular complexity index is 766. The van der Waals surface area contributed by atoms with Gasteiger partial charge in [-0.2, -0.15) is 0 Å². The number of hydrogen-bond donors (Lipinski definition) is 0. The fraction of sp³-hybridized carbons (Fsp3) is 0.0625. The zero-order valence-electron chi connectivity index (χ0n) is 10.3. The third-order valence-corrected chi connectivity index (χ3v) is 3.19. The first-order valence-corrected chi connectivity index (χ1v) is 5.98. The lowest BCUT2D eigenvalue weighted by Crippen LogP contribution is -1.96. The molecule has 0 saturated heterocycles. The largest absolute Gasteiger partial charge is 0.247 e. The van der Waals surface area contributed by atoms with Crippen molar-refractivity contribution in [2.24, 2.45) is 0 Å². The van der Waals surface area contributed by atoms with E-state index in [-0.39, 0.29) is 5.82 Å². The highest BCUT2D eigenvalue weighted by Gasteiger charge is 2.15. The van der Waals surface area contributed by atoms with Crippen LogP contribution in [0.25, 0.3) is 22.2 Å². The molecule has 1 nitrogen and oxygen atoms in total. The summed E-state index contributed by atoms with van der Waals surface area (Å²) in [4.78, 5) is 4.39. The predicted molar refractivity (Wildman–Crippen MR) is 71.8 cm³/mol. The van der Waals surface area contributed by atoms with Gasteiger partial charge in [0.2, 0.25) is 0 Å². The van der Waals surface area contributed by atoms with Crippen LogP contribution in [0.15, 0.2) is 48.5 Å².